The molecular formula is C8H8N2O3. The number of esters is 2. The van der Waals surface area contributed by atoms with Gasteiger partial charge in [0, 0.05) is 6.20 Å². The van der Waals surface area contributed by atoms with Crippen LogP contribution >= 0.6 is 0 Å². The van der Waals surface area contributed by atoms with Crippen LogP contribution in [0.5, 0.6) is 0 Å². The third-order valence-corrected chi connectivity index (χ3v) is 1.25. The van der Waals surface area contributed by atoms with E-state index in [1.54, 1.807) is 12.1 Å². The highest BCUT2D eigenvalue weighted by Gasteiger charge is 2.11. The van der Waals surface area contributed by atoms with Crippen LogP contribution in [0.3, 0.4) is 0 Å². The molecule has 1 aromatic rings. The zero-order valence-corrected chi connectivity index (χ0v) is 6.77. The van der Waals surface area contributed by atoms with Crippen LogP contribution < -0.4 is 5.73 Å². The van der Waals surface area contributed by atoms with E-state index in [1.165, 1.54) is 12.3 Å². The average molecular weight is 180 g/mol. The number of rotatable bonds is 2. The van der Waals surface area contributed by atoms with E-state index in [0.717, 1.165) is 0 Å². The van der Waals surface area contributed by atoms with Crippen molar-refractivity contribution in [2.24, 2.45) is 5.73 Å². The highest BCUT2D eigenvalue weighted by atomic mass is 16.6. The lowest BCUT2D eigenvalue weighted by Gasteiger charge is -1.98. The molecule has 0 fully saturated rings. The van der Waals surface area contributed by atoms with Gasteiger partial charge in [-0.05, 0) is 12.1 Å². The fraction of sp³-hybridized carbons (Fsp3) is 0.125. The zero-order valence-electron chi connectivity index (χ0n) is 6.77. The number of hydrogen-bond donors (Lipinski definition) is 1. The molecule has 0 amide bonds. The summed E-state index contributed by atoms with van der Waals surface area (Å²) in [5.74, 6) is -1.55. The van der Waals surface area contributed by atoms with Gasteiger partial charge in [0.15, 0.2) is 0 Å². The minimum atomic E-state index is -0.781. The van der Waals surface area contributed by atoms with E-state index in [0.29, 0.717) is 0 Å². The lowest BCUT2D eigenvalue weighted by molar-refractivity contribution is -0.136. The third-order valence-electron chi connectivity index (χ3n) is 1.25. The summed E-state index contributed by atoms with van der Waals surface area (Å²) in [4.78, 5) is 25.4. The van der Waals surface area contributed by atoms with E-state index in [-0.39, 0.29) is 12.2 Å². The molecular weight excluding hydrogens is 172 g/mol. The summed E-state index contributed by atoms with van der Waals surface area (Å²) in [7, 11) is 0. The Bertz CT molecular complexity index is 310. The number of nitrogens with two attached hydrogens (primary N) is 1. The molecule has 13 heavy (non-hydrogen) atoms. The van der Waals surface area contributed by atoms with Crippen LogP contribution in [0.1, 0.15) is 10.5 Å². The number of carbonyl (C=O) groups excluding carboxylic acids is 2. The molecule has 0 atom stereocenters. The normalized spacial score (nSPS) is 9.31. The van der Waals surface area contributed by atoms with E-state index in [9.17, 15) is 9.59 Å². The molecule has 0 unspecified atom stereocenters. The predicted octanol–water partition coefficient (Wildman–Crippen LogP) is -0.276. The Balaban J connectivity index is 2.65. The fourth-order valence-electron chi connectivity index (χ4n) is 0.681. The number of hydrogen-bond acceptors (Lipinski definition) is 5. The van der Waals surface area contributed by atoms with Gasteiger partial charge in [0.05, 0.1) is 6.54 Å². The molecule has 68 valence electrons. The summed E-state index contributed by atoms with van der Waals surface area (Å²) in [6.45, 7) is -0.321. The molecule has 5 nitrogen and oxygen atoms in total. The highest BCUT2D eigenvalue weighted by molar-refractivity contribution is 5.95. The molecule has 1 aromatic heterocycles. The Morgan fingerprint density at radius 2 is 2.23 bits per heavy atom. The molecule has 0 aromatic carbocycles. The molecule has 0 saturated heterocycles. The monoisotopic (exact) mass is 180 g/mol. The number of aromatic nitrogens is 1. The Kier molecular flexibility index (Phi) is 3.10. The number of nitrogens with zero attached hydrogens (tertiary/aromatic N) is 1. The first kappa shape index (κ1) is 9.34. The number of ether oxygens (including phenoxy) is 1. The maximum atomic E-state index is 11.1. The lowest BCUT2D eigenvalue weighted by atomic mass is 10.3. The van der Waals surface area contributed by atoms with Crippen molar-refractivity contribution in [2.75, 3.05) is 6.54 Å². The van der Waals surface area contributed by atoms with Crippen LogP contribution in [0, 0.1) is 0 Å². The van der Waals surface area contributed by atoms with E-state index >= 15 is 0 Å². The first-order valence-corrected chi connectivity index (χ1v) is 3.60. The van der Waals surface area contributed by atoms with Gasteiger partial charge in [-0.25, -0.2) is 9.78 Å². The van der Waals surface area contributed by atoms with E-state index in [4.69, 9.17) is 5.73 Å². The number of pyridine rings is 1. The smallest absolute Gasteiger partial charge is 0.364 e. The van der Waals surface area contributed by atoms with Crippen LogP contribution in [0.25, 0.3) is 0 Å². The average Bonchev–Trinajstić information content (AvgIpc) is 2.19. The third kappa shape index (κ3) is 2.64. The summed E-state index contributed by atoms with van der Waals surface area (Å²) >= 11 is 0. The quantitative estimate of drug-likeness (QED) is 0.500. The van der Waals surface area contributed by atoms with Crippen molar-refractivity contribution in [3.63, 3.8) is 0 Å². The standard InChI is InChI=1S/C8H8N2O3/c9-5-7(11)13-8(12)6-3-1-2-4-10-6/h1-4H,5,9H2. The van der Waals surface area contributed by atoms with Crippen molar-refractivity contribution in [1.82, 2.24) is 4.98 Å². The van der Waals surface area contributed by atoms with Gasteiger partial charge in [-0.3, -0.25) is 4.79 Å². The van der Waals surface area contributed by atoms with Crippen molar-refractivity contribution >= 4 is 11.9 Å². The second-order valence-electron chi connectivity index (χ2n) is 2.18. The van der Waals surface area contributed by atoms with Gasteiger partial charge in [-0.1, -0.05) is 6.07 Å². The van der Waals surface area contributed by atoms with Crippen LogP contribution in [-0.4, -0.2) is 23.5 Å². The molecule has 0 aliphatic rings. The van der Waals surface area contributed by atoms with Gasteiger partial charge in [-0.15, -0.1) is 0 Å². The number of carbonyl (C=O) groups is 2. The maximum absolute atomic E-state index is 11.1. The summed E-state index contributed by atoms with van der Waals surface area (Å²) in [6.07, 6.45) is 1.43. The second-order valence-corrected chi connectivity index (χ2v) is 2.18. The first-order valence-electron chi connectivity index (χ1n) is 3.60. The molecule has 2 N–H and O–H groups in total. The largest absolute Gasteiger partial charge is 0.387 e. The van der Waals surface area contributed by atoms with Gasteiger partial charge < -0.3 is 10.5 Å². The zero-order chi connectivity index (χ0) is 9.68. The molecule has 0 saturated carbocycles. The summed E-state index contributed by atoms with van der Waals surface area (Å²) in [5.41, 5.74) is 5.04. The molecule has 0 bridgehead atoms. The van der Waals surface area contributed by atoms with Crippen LogP contribution in [0.15, 0.2) is 24.4 Å². The van der Waals surface area contributed by atoms with Crippen LogP contribution in [0.2, 0.25) is 0 Å². The Morgan fingerprint density at radius 1 is 1.46 bits per heavy atom. The highest BCUT2D eigenvalue weighted by Crippen LogP contribution is 1.96. The van der Waals surface area contributed by atoms with Crippen molar-refractivity contribution in [3.8, 4) is 0 Å². The topological polar surface area (TPSA) is 82.3 Å². The molecule has 0 radical (unpaired) electrons. The Morgan fingerprint density at radius 3 is 2.77 bits per heavy atom. The first-order chi connectivity index (χ1) is 6.24. The molecule has 0 aliphatic heterocycles. The van der Waals surface area contributed by atoms with Gasteiger partial charge in [0.25, 0.3) is 0 Å². The van der Waals surface area contributed by atoms with Gasteiger partial charge in [-0.2, -0.15) is 0 Å². The fourth-order valence-corrected chi connectivity index (χ4v) is 0.681. The molecule has 0 aliphatic carbocycles. The molecule has 1 heterocycles. The van der Waals surface area contributed by atoms with Crippen molar-refractivity contribution < 1.29 is 14.3 Å². The molecule has 1 rings (SSSR count). The SMILES string of the molecule is NCC(=O)OC(=O)c1ccccn1. The van der Waals surface area contributed by atoms with Crippen molar-refractivity contribution in [2.45, 2.75) is 0 Å². The minimum absolute atomic E-state index is 0.0873. The van der Waals surface area contributed by atoms with Crippen molar-refractivity contribution in [3.05, 3.63) is 30.1 Å². The summed E-state index contributed by atoms with van der Waals surface area (Å²) in [5, 5.41) is 0. The van der Waals surface area contributed by atoms with E-state index in [2.05, 4.69) is 9.72 Å². The predicted molar refractivity (Wildman–Crippen MR) is 43.7 cm³/mol. The van der Waals surface area contributed by atoms with E-state index < -0.39 is 11.9 Å². The van der Waals surface area contributed by atoms with E-state index in [1.807, 2.05) is 0 Å². The maximum Gasteiger partial charge on any atom is 0.364 e. The van der Waals surface area contributed by atoms with Gasteiger partial charge in [0.1, 0.15) is 5.69 Å². The second kappa shape index (κ2) is 4.32. The van der Waals surface area contributed by atoms with Crippen LogP contribution in [-0.2, 0) is 9.53 Å². The van der Waals surface area contributed by atoms with Gasteiger partial charge >= 0.3 is 11.9 Å². The molecule has 5 heteroatoms. The van der Waals surface area contributed by atoms with Gasteiger partial charge in [0.2, 0.25) is 0 Å². The minimum Gasteiger partial charge on any atom is -0.387 e. The summed E-state index contributed by atoms with van der Waals surface area (Å²) in [6, 6.07) is 4.73. The Labute approximate surface area is 74.5 Å². The molecule has 0 spiro atoms. The van der Waals surface area contributed by atoms with Crippen molar-refractivity contribution in [1.29, 1.82) is 0 Å². The lowest BCUT2D eigenvalue weighted by Crippen LogP contribution is -2.21. The summed E-state index contributed by atoms with van der Waals surface area (Å²) < 4.78 is 4.32. The van der Waals surface area contributed by atoms with Crippen LogP contribution in [0.4, 0.5) is 0 Å². The Hall–Kier alpha value is -1.75.